The smallest absolute Gasteiger partial charge is 0.122 e. The molecule has 2 aromatic heterocycles. The van der Waals surface area contributed by atoms with Gasteiger partial charge in [-0.2, -0.15) is 0 Å². The van der Waals surface area contributed by atoms with Gasteiger partial charge in [0.25, 0.3) is 0 Å². The third kappa shape index (κ3) is 2.39. The summed E-state index contributed by atoms with van der Waals surface area (Å²) in [5.41, 5.74) is 2.18. The summed E-state index contributed by atoms with van der Waals surface area (Å²) in [5, 5.41) is -0.145. The van der Waals surface area contributed by atoms with Crippen molar-refractivity contribution in [2.45, 2.75) is 18.7 Å². The molecule has 78 valence electrons. The average molecular weight is 222 g/mol. The van der Waals surface area contributed by atoms with Crippen molar-refractivity contribution in [1.29, 1.82) is 0 Å². The molecule has 0 bridgehead atoms. The summed E-state index contributed by atoms with van der Waals surface area (Å²) in [7, 11) is 0. The van der Waals surface area contributed by atoms with Gasteiger partial charge in [0.15, 0.2) is 0 Å². The Balaban J connectivity index is 2.13. The number of hydrogen-bond donors (Lipinski definition) is 0. The van der Waals surface area contributed by atoms with Gasteiger partial charge >= 0.3 is 0 Å². The quantitative estimate of drug-likeness (QED) is 0.742. The highest BCUT2D eigenvalue weighted by Crippen LogP contribution is 2.25. The predicted molar refractivity (Wildman–Crippen MR) is 60.0 cm³/mol. The maximum absolute atomic E-state index is 6.22. The zero-order valence-electron chi connectivity index (χ0n) is 8.48. The van der Waals surface area contributed by atoms with Crippen LogP contribution in [0.1, 0.15) is 22.4 Å². The van der Waals surface area contributed by atoms with Crippen molar-refractivity contribution in [3.63, 3.8) is 0 Å². The molecule has 0 aliphatic heterocycles. The number of nitrogens with zero attached hydrogens (tertiary/aromatic N) is 1. The van der Waals surface area contributed by atoms with Crippen LogP contribution in [0, 0.1) is 6.92 Å². The second-order valence-electron chi connectivity index (χ2n) is 3.45. The number of pyridine rings is 1. The summed E-state index contributed by atoms with van der Waals surface area (Å²) in [6, 6.07) is 7.69. The largest absolute Gasteiger partial charge is 0.468 e. The van der Waals surface area contributed by atoms with Crippen molar-refractivity contribution in [3.8, 4) is 0 Å². The Labute approximate surface area is 93.9 Å². The second kappa shape index (κ2) is 4.49. The zero-order valence-corrected chi connectivity index (χ0v) is 9.24. The van der Waals surface area contributed by atoms with E-state index in [1.165, 1.54) is 0 Å². The lowest BCUT2D eigenvalue weighted by Gasteiger charge is -2.07. The molecular weight excluding hydrogens is 210 g/mol. The molecule has 0 fully saturated rings. The van der Waals surface area contributed by atoms with Crippen LogP contribution in [0.15, 0.2) is 41.1 Å². The topological polar surface area (TPSA) is 26.0 Å². The lowest BCUT2D eigenvalue weighted by Crippen LogP contribution is -1.99. The molecule has 0 aliphatic rings. The van der Waals surface area contributed by atoms with Gasteiger partial charge in [0.1, 0.15) is 5.76 Å². The minimum Gasteiger partial charge on any atom is -0.468 e. The first-order chi connectivity index (χ1) is 7.27. The van der Waals surface area contributed by atoms with E-state index in [2.05, 4.69) is 4.98 Å². The van der Waals surface area contributed by atoms with Crippen molar-refractivity contribution in [2.75, 3.05) is 0 Å². The van der Waals surface area contributed by atoms with E-state index < -0.39 is 0 Å². The van der Waals surface area contributed by atoms with E-state index in [1.54, 1.807) is 12.5 Å². The van der Waals surface area contributed by atoms with E-state index in [-0.39, 0.29) is 5.38 Å². The number of hydrogen-bond acceptors (Lipinski definition) is 2. The molecule has 15 heavy (non-hydrogen) atoms. The molecular formula is C12H12ClNO. The molecule has 0 N–H and O–H groups in total. The van der Waals surface area contributed by atoms with E-state index in [4.69, 9.17) is 16.0 Å². The molecule has 2 rings (SSSR count). The highest BCUT2D eigenvalue weighted by molar-refractivity contribution is 6.20. The summed E-state index contributed by atoms with van der Waals surface area (Å²) in [4.78, 5) is 4.30. The number of furan rings is 1. The first-order valence-electron chi connectivity index (χ1n) is 4.85. The van der Waals surface area contributed by atoms with E-state index >= 15 is 0 Å². The molecule has 1 atom stereocenters. The Morgan fingerprint density at radius 3 is 2.93 bits per heavy atom. The molecule has 0 aliphatic carbocycles. The lowest BCUT2D eigenvalue weighted by molar-refractivity contribution is 0.501. The molecule has 2 heterocycles. The minimum atomic E-state index is -0.145. The molecule has 2 nitrogen and oxygen atoms in total. The van der Waals surface area contributed by atoms with Gasteiger partial charge in [-0.1, -0.05) is 6.07 Å². The SMILES string of the molecule is Cc1cccnc1CC(Cl)c1ccco1. The Morgan fingerprint density at radius 1 is 1.40 bits per heavy atom. The zero-order chi connectivity index (χ0) is 10.7. The molecule has 0 radical (unpaired) electrons. The van der Waals surface area contributed by atoms with Crippen molar-refractivity contribution in [2.24, 2.45) is 0 Å². The maximum atomic E-state index is 6.22. The Bertz CT molecular complexity index is 425. The summed E-state index contributed by atoms with van der Waals surface area (Å²) < 4.78 is 5.25. The predicted octanol–water partition coefficient (Wildman–Crippen LogP) is 3.51. The first kappa shape index (κ1) is 10.2. The fourth-order valence-electron chi connectivity index (χ4n) is 1.47. The van der Waals surface area contributed by atoms with Crippen LogP contribution in [0.5, 0.6) is 0 Å². The summed E-state index contributed by atoms with van der Waals surface area (Å²) in [5.74, 6) is 0.793. The van der Waals surface area contributed by atoms with Crippen LogP contribution in [0.25, 0.3) is 0 Å². The maximum Gasteiger partial charge on any atom is 0.122 e. The van der Waals surface area contributed by atoms with Gasteiger partial charge in [0.05, 0.1) is 11.6 Å². The highest BCUT2D eigenvalue weighted by atomic mass is 35.5. The van der Waals surface area contributed by atoms with Crippen LogP contribution in [-0.4, -0.2) is 4.98 Å². The van der Waals surface area contributed by atoms with Crippen molar-refractivity contribution >= 4 is 11.6 Å². The number of aryl methyl sites for hydroxylation is 1. The fourth-order valence-corrected chi connectivity index (χ4v) is 1.74. The molecule has 0 aromatic carbocycles. The van der Waals surface area contributed by atoms with E-state index in [0.29, 0.717) is 6.42 Å². The summed E-state index contributed by atoms with van der Waals surface area (Å²) in [6.07, 6.45) is 4.12. The third-order valence-corrected chi connectivity index (χ3v) is 2.71. The average Bonchev–Trinajstić information content (AvgIpc) is 2.74. The Morgan fingerprint density at radius 2 is 2.27 bits per heavy atom. The Kier molecular flexibility index (Phi) is 3.07. The lowest BCUT2D eigenvalue weighted by atomic mass is 10.1. The first-order valence-corrected chi connectivity index (χ1v) is 5.29. The van der Waals surface area contributed by atoms with Crippen LogP contribution < -0.4 is 0 Å². The molecule has 0 saturated carbocycles. The molecule has 0 saturated heterocycles. The van der Waals surface area contributed by atoms with Crippen molar-refractivity contribution < 1.29 is 4.42 Å². The van der Waals surface area contributed by atoms with E-state index in [0.717, 1.165) is 17.0 Å². The van der Waals surface area contributed by atoms with Crippen molar-refractivity contribution in [3.05, 3.63) is 53.7 Å². The highest BCUT2D eigenvalue weighted by Gasteiger charge is 2.13. The molecule has 0 amide bonds. The summed E-state index contributed by atoms with van der Waals surface area (Å²) in [6.45, 7) is 2.04. The second-order valence-corrected chi connectivity index (χ2v) is 3.98. The van der Waals surface area contributed by atoms with Crippen LogP contribution in [0.4, 0.5) is 0 Å². The minimum absolute atomic E-state index is 0.145. The number of rotatable bonds is 3. The van der Waals surface area contributed by atoms with Gasteiger partial charge in [-0.3, -0.25) is 4.98 Å². The molecule has 0 spiro atoms. The Hall–Kier alpha value is -1.28. The van der Waals surface area contributed by atoms with Gasteiger partial charge in [-0.05, 0) is 30.7 Å². The molecule has 3 heteroatoms. The monoisotopic (exact) mass is 221 g/mol. The van der Waals surface area contributed by atoms with Gasteiger partial charge in [-0.15, -0.1) is 11.6 Å². The van der Waals surface area contributed by atoms with E-state index in [1.807, 2.05) is 31.2 Å². The fraction of sp³-hybridized carbons (Fsp3) is 0.250. The standard InChI is InChI=1S/C12H12ClNO/c1-9-4-2-6-14-11(9)8-10(13)12-5-3-7-15-12/h2-7,10H,8H2,1H3. The number of aromatic nitrogens is 1. The van der Waals surface area contributed by atoms with Gasteiger partial charge in [0.2, 0.25) is 0 Å². The van der Waals surface area contributed by atoms with E-state index in [9.17, 15) is 0 Å². The van der Waals surface area contributed by atoms with Crippen LogP contribution in [-0.2, 0) is 6.42 Å². The van der Waals surface area contributed by atoms with Gasteiger partial charge < -0.3 is 4.42 Å². The molecule has 2 aromatic rings. The third-order valence-electron chi connectivity index (χ3n) is 2.34. The van der Waals surface area contributed by atoms with Crippen LogP contribution >= 0.6 is 11.6 Å². The van der Waals surface area contributed by atoms with Gasteiger partial charge in [-0.25, -0.2) is 0 Å². The van der Waals surface area contributed by atoms with Crippen LogP contribution in [0.2, 0.25) is 0 Å². The summed E-state index contributed by atoms with van der Waals surface area (Å²) >= 11 is 6.22. The van der Waals surface area contributed by atoms with Crippen molar-refractivity contribution in [1.82, 2.24) is 4.98 Å². The molecule has 1 unspecified atom stereocenters. The normalized spacial score (nSPS) is 12.7. The number of alkyl halides is 1. The van der Waals surface area contributed by atoms with Gasteiger partial charge in [0, 0.05) is 18.3 Å². The van der Waals surface area contributed by atoms with Crippen LogP contribution in [0.3, 0.4) is 0 Å². The number of halogens is 1.